The Morgan fingerprint density at radius 3 is 2.50 bits per heavy atom. The summed E-state index contributed by atoms with van der Waals surface area (Å²) in [4.78, 5) is 22.6. The van der Waals surface area contributed by atoms with Crippen molar-refractivity contribution in [1.82, 2.24) is 4.90 Å². The maximum atomic E-state index is 10.8. The Labute approximate surface area is 107 Å². The van der Waals surface area contributed by atoms with Gasteiger partial charge in [0.2, 0.25) is 6.41 Å². The third kappa shape index (κ3) is 3.48. The molecule has 0 saturated carbocycles. The molecule has 0 spiro atoms. The van der Waals surface area contributed by atoms with Gasteiger partial charge in [-0.25, -0.2) is 0 Å². The largest absolute Gasteiger partial charge is 0.480 e. The third-order valence-corrected chi connectivity index (χ3v) is 3.02. The van der Waals surface area contributed by atoms with Crippen LogP contribution in [0.25, 0.3) is 0 Å². The van der Waals surface area contributed by atoms with Gasteiger partial charge in [0.1, 0.15) is 6.54 Å². The highest BCUT2D eigenvalue weighted by atomic mass is 127. The topological polar surface area (TPSA) is 57.6 Å². The fraction of sp³-hybridized carbons (Fsp3) is 0.273. The first-order chi connectivity index (χ1) is 7.54. The second-order valence-electron chi connectivity index (χ2n) is 3.40. The first kappa shape index (κ1) is 13.0. The molecule has 0 radical (unpaired) electrons. The van der Waals surface area contributed by atoms with E-state index in [-0.39, 0.29) is 12.6 Å². The molecule has 1 aromatic rings. The van der Waals surface area contributed by atoms with E-state index < -0.39 is 5.97 Å². The lowest BCUT2D eigenvalue weighted by Crippen LogP contribution is -2.31. The zero-order chi connectivity index (χ0) is 12.1. The van der Waals surface area contributed by atoms with Gasteiger partial charge in [0, 0.05) is 3.57 Å². The van der Waals surface area contributed by atoms with Crippen molar-refractivity contribution < 1.29 is 14.7 Å². The number of carbonyl (C=O) groups excluding carboxylic acids is 1. The standard InChI is InChI=1S/C11H12INO3/c1-8(13(7-14)6-11(15)16)9-2-4-10(12)5-3-9/h2-5,7-8H,6H2,1H3,(H,15,16). The van der Waals surface area contributed by atoms with E-state index in [0.29, 0.717) is 6.41 Å². The van der Waals surface area contributed by atoms with Crippen LogP contribution in [0.2, 0.25) is 0 Å². The fourth-order valence-electron chi connectivity index (χ4n) is 1.35. The summed E-state index contributed by atoms with van der Waals surface area (Å²) >= 11 is 2.19. The zero-order valence-corrected chi connectivity index (χ0v) is 10.9. The Balaban J connectivity index is 2.82. The zero-order valence-electron chi connectivity index (χ0n) is 8.76. The Hall–Kier alpha value is -1.11. The summed E-state index contributed by atoms with van der Waals surface area (Å²) in [5.74, 6) is -1.01. The molecule has 0 aliphatic carbocycles. The Bertz CT molecular complexity index is 377. The van der Waals surface area contributed by atoms with Crippen molar-refractivity contribution in [3.8, 4) is 0 Å². The average Bonchev–Trinajstić information content (AvgIpc) is 2.25. The minimum atomic E-state index is -1.01. The van der Waals surface area contributed by atoms with Crippen LogP contribution >= 0.6 is 22.6 Å². The van der Waals surface area contributed by atoms with E-state index in [1.165, 1.54) is 4.90 Å². The minimum absolute atomic E-state index is 0.231. The molecule has 16 heavy (non-hydrogen) atoms. The van der Waals surface area contributed by atoms with Gasteiger partial charge in [0.05, 0.1) is 6.04 Å². The van der Waals surface area contributed by atoms with Crippen LogP contribution < -0.4 is 0 Å². The number of hydrogen-bond acceptors (Lipinski definition) is 2. The van der Waals surface area contributed by atoms with Gasteiger partial charge in [-0.1, -0.05) is 12.1 Å². The summed E-state index contributed by atoms with van der Waals surface area (Å²) < 4.78 is 1.10. The van der Waals surface area contributed by atoms with Crippen LogP contribution in [0.15, 0.2) is 24.3 Å². The number of carbonyl (C=O) groups is 2. The van der Waals surface area contributed by atoms with Crippen molar-refractivity contribution in [3.05, 3.63) is 33.4 Å². The van der Waals surface area contributed by atoms with Crippen LogP contribution in [0.3, 0.4) is 0 Å². The summed E-state index contributed by atoms with van der Waals surface area (Å²) in [7, 11) is 0. The number of aliphatic carboxylic acids is 1. The molecule has 1 unspecified atom stereocenters. The molecule has 5 heteroatoms. The van der Waals surface area contributed by atoms with E-state index in [2.05, 4.69) is 22.6 Å². The molecular weight excluding hydrogens is 321 g/mol. The van der Waals surface area contributed by atoms with E-state index in [9.17, 15) is 9.59 Å². The quantitative estimate of drug-likeness (QED) is 0.661. The van der Waals surface area contributed by atoms with Crippen LogP contribution in [0.1, 0.15) is 18.5 Å². The van der Waals surface area contributed by atoms with Crippen molar-refractivity contribution in [2.75, 3.05) is 6.54 Å². The first-order valence-electron chi connectivity index (χ1n) is 4.73. The van der Waals surface area contributed by atoms with Gasteiger partial charge in [-0.2, -0.15) is 0 Å². The summed E-state index contributed by atoms with van der Waals surface area (Å²) in [6, 6.07) is 7.41. The fourth-order valence-corrected chi connectivity index (χ4v) is 1.71. The van der Waals surface area contributed by atoms with Crippen LogP contribution in [-0.2, 0) is 9.59 Å². The predicted octanol–water partition coefficient (Wildman–Crippen LogP) is 1.90. The van der Waals surface area contributed by atoms with Gasteiger partial charge in [0.15, 0.2) is 0 Å². The Morgan fingerprint density at radius 1 is 1.50 bits per heavy atom. The predicted molar refractivity (Wildman–Crippen MR) is 68.0 cm³/mol. The summed E-state index contributed by atoms with van der Waals surface area (Å²) in [6.07, 6.45) is 0.566. The molecule has 0 aromatic heterocycles. The molecule has 86 valence electrons. The van der Waals surface area contributed by atoms with E-state index in [1.807, 2.05) is 24.3 Å². The molecule has 0 aliphatic rings. The molecule has 4 nitrogen and oxygen atoms in total. The maximum absolute atomic E-state index is 10.8. The number of carboxylic acid groups (broad SMARTS) is 1. The van der Waals surface area contributed by atoms with Crippen LogP contribution in [0.4, 0.5) is 0 Å². The SMILES string of the molecule is CC(c1ccc(I)cc1)N(C=O)CC(=O)O. The number of hydrogen-bond donors (Lipinski definition) is 1. The number of carboxylic acids is 1. The first-order valence-corrected chi connectivity index (χ1v) is 5.80. The molecule has 1 aromatic carbocycles. The van der Waals surface area contributed by atoms with Gasteiger partial charge >= 0.3 is 5.97 Å². The molecule has 1 rings (SSSR count). The molecule has 1 amide bonds. The van der Waals surface area contributed by atoms with Gasteiger partial charge in [0.25, 0.3) is 0 Å². The van der Waals surface area contributed by atoms with Gasteiger partial charge in [-0.3, -0.25) is 9.59 Å². The Kier molecular flexibility index (Phi) is 4.72. The van der Waals surface area contributed by atoms with Crippen LogP contribution in [0, 0.1) is 3.57 Å². The average molecular weight is 333 g/mol. The molecule has 1 N–H and O–H groups in total. The lowest BCUT2D eigenvalue weighted by molar-refractivity contribution is -0.141. The van der Waals surface area contributed by atoms with Crippen molar-refractivity contribution in [2.24, 2.45) is 0 Å². The van der Waals surface area contributed by atoms with Crippen molar-refractivity contribution >= 4 is 35.0 Å². The van der Waals surface area contributed by atoms with E-state index in [0.717, 1.165) is 9.13 Å². The summed E-state index contributed by atoms with van der Waals surface area (Å²) in [5.41, 5.74) is 0.925. The smallest absolute Gasteiger partial charge is 0.323 e. The van der Waals surface area contributed by atoms with Crippen molar-refractivity contribution in [3.63, 3.8) is 0 Å². The molecule has 1 atom stereocenters. The number of rotatable bonds is 5. The highest BCUT2D eigenvalue weighted by Gasteiger charge is 2.16. The lowest BCUT2D eigenvalue weighted by Gasteiger charge is -2.23. The van der Waals surface area contributed by atoms with Gasteiger partial charge in [-0.15, -0.1) is 0 Å². The summed E-state index contributed by atoms with van der Waals surface area (Å²) in [6.45, 7) is 1.52. The van der Waals surface area contributed by atoms with E-state index in [4.69, 9.17) is 5.11 Å². The second kappa shape index (κ2) is 5.83. The summed E-state index contributed by atoms with van der Waals surface area (Å²) in [5, 5.41) is 8.65. The normalized spacial score (nSPS) is 11.9. The van der Waals surface area contributed by atoms with Crippen molar-refractivity contribution in [2.45, 2.75) is 13.0 Å². The van der Waals surface area contributed by atoms with E-state index in [1.54, 1.807) is 6.92 Å². The lowest BCUT2D eigenvalue weighted by atomic mass is 10.1. The molecular formula is C11H12INO3. The molecule has 0 fully saturated rings. The monoisotopic (exact) mass is 333 g/mol. The van der Waals surface area contributed by atoms with Gasteiger partial charge < -0.3 is 10.0 Å². The highest BCUT2D eigenvalue weighted by molar-refractivity contribution is 14.1. The molecule has 0 aliphatic heterocycles. The molecule has 0 saturated heterocycles. The number of nitrogens with zero attached hydrogens (tertiary/aromatic N) is 1. The highest BCUT2D eigenvalue weighted by Crippen LogP contribution is 2.19. The Morgan fingerprint density at radius 2 is 2.06 bits per heavy atom. The minimum Gasteiger partial charge on any atom is -0.480 e. The molecule has 0 bridgehead atoms. The third-order valence-electron chi connectivity index (χ3n) is 2.30. The van der Waals surface area contributed by atoms with Crippen LogP contribution in [-0.4, -0.2) is 28.9 Å². The van der Waals surface area contributed by atoms with Crippen molar-refractivity contribution in [1.29, 1.82) is 0 Å². The number of halogens is 1. The van der Waals surface area contributed by atoms with Crippen LogP contribution in [0.5, 0.6) is 0 Å². The number of benzene rings is 1. The molecule has 0 heterocycles. The van der Waals surface area contributed by atoms with Gasteiger partial charge in [-0.05, 0) is 47.2 Å². The second-order valence-corrected chi connectivity index (χ2v) is 4.64. The number of amides is 1. The van der Waals surface area contributed by atoms with E-state index >= 15 is 0 Å². The maximum Gasteiger partial charge on any atom is 0.323 e.